The molecule has 3 nitrogen and oxygen atoms in total. The van der Waals surface area contributed by atoms with Crippen LogP contribution >= 0.6 is 22.9 Å². The van der Waals surface area contributed by atoms with Crippen LogP contribution in [0.4, 0.5) is 0 Å². The third-order valence-corrected chi connectivity index (χ3v) is 3.24. The van der Waals surface area contributed by atoms with Crippen LogP contribution in [0.3, 0.4) is 0 Å². The van der Waals surface area contributed by atoms with E-state index in [0.29, 0.717) is 4.34 Å². The molecule has 2 rings (SSSR count). The van der Waals surface area contributed by atoms with Crippen LogP contribution in [0.15, 0.2) is 12.1 Å². The smallest absolute Gasteiger partial charge is 0.352 e. The highest BCUT2D eigenvalue weighted by Crippen LogP contribution is 2.31. The van der Waals surface area contributed by atoms with E-state index in [9.17, 15) is 4.79 Å². The van der Waals surface area contributed by atoms with Gasteiger partial charge in [0.2, 0.25) is 0 Å². The van der Waals surface area contributed by atoms with Crippen LogP contribution in [0.5, 0.6) is 0 Å². The molecule has 2 aromatic heterocycles. The largest absolute Gasteiger partial charge is 0.477 e. The van der Waals surface area contributed by atoms with Crippen molar-refractivity contribution in [3.05, 3.63) is 22.2 Å². The Morgan fingerprint density at radius 3 is 2.85 bits per heavy atom. The molecule has 0 spiro atoms. The molecule has 13 heavy (non-hydrogen) atoms. The highest BCUT2D eigenvalue weighted by atomic mass is 35.5. The van der Waals surface area contributed by atoms with Crippen molar-refractivity contribution in [2.24, 2.45) is 7.05 Å². The van der Waals surface area contributed by atoms with Gasteiger partial charge in [-0.3, -0.25) is 0 Å². The van der Waals surface area contributed by atoms with Gasteiger partial charge in [0, 0.05) is 12.4 Å². The number of aryl methyl sites for hydroxylation is 1. The molecule has 0 aliphatic heterocycles. The van der Waals surface area contributed by atoms with Crippen LogP contribution in [-0.4, -0.2) is 15.6 Å². The Morgan fingerprint density at radius 2 is 2.31 bits per heavy atom. The summed E-state index contributed by atoms with van der Waals surface area (Å²) in [6.07, 6.45) is 0. The van der Waals surface area contributed by atoms with E-state index < -0.39 is 5.97 Å². The van der Waals surface area contributed by atoms with Gasteiger partial charge in [0.1, 0.15) is 10.5 Å². The summed E-state index contributed by atoms with van der Waals surface area (Å²) in [6, 6.07) is 3.40. The lowest BCUT2D eigenvalue weighted by atomic mass is 10.4. The predicted octanol–water partition coefficient (Wildman–Crippen LogP) is 2.59. The number of aromatic nitrogens is 1. The molecule has 0 aliphatic carbocycles. The summed E-state index contributed by atoms with van der Waals surface area (Å²) >= 11 is 7.17. The third kappa shape index (κ3) is 1.22. The number of thiophene rings is 1. The minimum absolute atomic E-state index is 0.290. The van der Waals surface area contributed by atoms with Crippen molar-refractivity contribution in [3.8, 4) is 0 Å². The fourth-order valence-corrected chi connectivity index (χ4v) is 2.47. The Morgan fingerprint density at radius 1 is 1.62 bits per heavy atom. The number of hydrogen-bond donors (Lipinski definition) is 1. The first-order chi connectivity index (χ1) is 6.09. The first-order valence-electron chi connectivity index (χ1n) is 3.57. The SMILES string of the molecule is Cn1c(C(=O)O)cc2cc(Cl)sc21. The molecule has 0 saturated carbocycles. The average molecular weight is 216 g/mol. The van der Waals surface area contributed by atoms with E-state index in [4.69, 9.17) is 16.7 Å². The molecule has 0 unspecified atom stereocenters. The Bertz CT molecular complexity index is 486. The summed E-state index contributed by atoms with van der Waals surface area (Å²) in [7, 11) is 1.72. The summed E-state index contributed by atoms with van der Waals surface area (Å²) in [4.78, 5) is 11.6. The van der Waals surface area contributed by atoms with E-state index in [2.05, 4.69) is 0 Å². The number of carbonyl (C=O) groups is 1. The van der Waals surface area contributed by atoms with E-state index in [1.807, 2.05) is 0 Å². The van der Waals surface area contributed by atoms with Gasteiger partial charge in [-0.25, -0.2) is 4.79 Å². The van der Waals surface area contributed by atoms with Crippen molar-refractivity contribution in [2.45, 2.75) is 0 Å². The monoisotopic (exact) mass is 215 g/mol. The normalized spacial score (nSPS) is 10.9. The standard InChI is InChI=1S/C8H6ClNO2S/c1-10-5(8(11)12)2-4-3-6(9)13-7(4)10/h2-3H,1H3,(H,11,12). The van der Waals surface area contributed by atoms with Gasteiger partial charge >= 0.3 is 5.97 Å². The topological polar surface area (TPSA) is 42.2 Å². The van der Waals surface area contributed by atoms with Crippen molar-refractivity contribution >= 4 is 39.1 Å². The molecule has 0 bridgehead atoms. The van der Waals surface area contributed by atoms with Crippen molar-refractivity contribution in [2.75, 3.05) is 0 Å². The van der Waals surface area contributed by atoms with Crippen molar-refractivity contribution in [3.63, 3.8) is 0 Å². The maximum absolute atomic E-state index is 10.7. The van der Waals surface area contributed by atoms with E-state index in [-0.39, 0.29) is 5.69 Å². The summed E-state index contributed by atoms with van der Waals surface area (Å²) < 4.78 is 2.31. The number of fused-ring (bicyclic) bond motifs is 1. The number of halogens is 1. The van der Waals surface area contributed by atoms with Crippen molar-refractivity contribution in [1.29, 1.82) is 0 Å². The lowest BCUT2D eigenvalue weighted by molar-refractivity contribution is 0.0687. The van der Waals surface area contributed by atoms with E-state index in [1.54, 1.807) is 23.7 Å². The highest BCUT2D eigenvalue weighted by molar-refractivity contribution is 7.22. The lowest BCUT2D eigenvalue weighted by Crippen LogP contribution is -2.03. The summed E-state index contributed by atoms with van der Waals surface area (Å²) in [5, 5.41) is 9.69. The van der Waals surface area contributed by atoms with E-state index >= 15 is 0 Å². The summed E-state index contributed by atoms with van der Waals surface area (Å²) in [5.74, 6) is -0.915. The van der Waals surface area contributed by atoms with E-state index in [0.717, 1.165) is 10.2 Å². The van der Waals surface area contributed by atoms with Gasteiger partial charge in [-0.15, -0.1) is 11.3 Å². The van der Waals surface area contributed by atoms with Gasteiger partial charge in [-0.05, 0) is 12.1 Å². The first kappa shape index (κ1) is 8.59. The molecule has 68 valence electrons. The second-order valence-corrected chi connectivity index (χ2v) is 4.37. The lowest BCUT2D eigenvalue weighted by Gasteiger charge is -1.95. The zero-order valence-electron chi connectivity index (χ0n) is 6.74. The zero-order valence-corrected chi connectivity index (χ0v) is 8.32. The number of carboxylic acids is 1. The number of rotatable bonds is 1. The molecule has 0 radical (unpaired) electrons. The van der Waals surface area contributed by atoms with Gasteiger partial charge in [-0.2, -0.15) is 0 Å². The maximum atomic E-state index is 10.7. The molecule has 1 N–H and O–H groups in total. The third-order valence-electron chi connectivity index (χ3n) is 1.89. The minimum Gasteiger partial charge on any atom is -0.477 e. The van der Waals surface area contributed by atoms with Crippen LogP contribution in [-0.2, 0) is 7.05 Å². The molecule has 0 amide bonds. The van der Waals surface area contributed by atoms with Gasteiger partial charge in [0.05, 0.1) is 4.34 Å². The summed E-state index contributed by atoms with van der Waals surface area (Å²) in [5.41, 5.74) is 0.290. The quantitative estimate of drug-likeness (QED) is 0.795. The van der Waals surface area contributed by atoms with Crippen LogP contribution in [0.2, 0.25) is 4.34 Å². The van der Waals surface area contributed by atoms with E-state index in [1.165, 1.54) is 11.3 Å². The Labute approximate surface area is 83.2 Å². The average Bonchev–Trinajstić information content (AvgIpc) is 2.51. The molecule has 2 heterocycles. The molecule has 2 aromatic rings. The number of aromatic carboxylic acids is 1. The number of carboxylic acid groups (broad SMARTS) is 1. The van der Waals surface area contributed by atoms with Gasteiger partial charge in [0.25, 0.3) is 0 Å². The second kappa shape index (κ2) is 2.75. The molecule has 0 aromatic carbocycles. The highest BCUT2D eigenvalue weighted by Gasteiger charge is 2.13. The predicted molar refractivity (Wildman–Crippen MR) is 52.8 cm³/mol. The fourth-order valence-electron chi connectivity index (χ4n) is 1.29. The molecule has 0 atom stereocenters. The van der Waals surface area contributed by atoms with Crippen molar-refractivity contribution in [1.82, 2.24) is 4.57 Å². The zero-order chi connectivity index (χ0) is 9.59. The van der Waals surface area contributed by atoms with Crippen molar-refractivity contribution < 1.29 is 9.90 Å². The van der Waals surface area contributed by atoms with Crippen LogP contribution in [0.25, 0.3) is 10.2 Å². The first-order valence-corrected chi connectivity index (χ1v) is 4.77. The minimum atomic E-state index is -0.915. The fraction of sp³-hybridized carbons (Fsp3) is 0.125. The van der Waals surface area contributed by atoms with Crippen LogP contribution in [0.1, 0.15) is 10.5 Å². The maximum Gasteiger partial charge on any atom is 0.352 e. The Hall–Kier alpha value is -1.000. The van der Waals surface area contributed by atoms with Gasteiger partial charge in [-0.1, -0.05) is 11.6 Å². The Kier molecular flexibility index (Phi) is 1.82. The Balaban J connectivity index is 2.76. The number of nitrogens with zero attached hydrogens (tertiary/aromatic N) is 1. The molecule has 0 saturated heterocycles. The number of hydrogen-bond acceptors (Lipinski definition) is 2. The molecular weight excluding hydrogens is 210 g/mol. The van der Waals surface area contributed by atoms with Gasteiger partial charge < -0.3 is 9.67 Å². The molecule has 0 fully saturated rings. The molecule has 5 heteroatoms. The van der Waals surface area contributed by atoms with Gasteiger partial charge in [0.15, 0.2) is 0 Å². The van der Waals surface area contributed by atoms with Crippen LogP contribution in [0, 0.1) is 0 Å². The molecule has 0 aliphatic rings. The van der Waals surface area contributed by atoms with Crippen LogP contribution < -0.4 is 0 Å². The second-order valence-electron chi connectivity index (χ2n) is 2.70. The summed E-state index contributed by atoms with van der Waals surface area (Å²) in [6.45, 7) is 0. The molecular formula is C8H6ClNO2S.